The van der Waals surface area contributed by atoms with Crippen molar-refractivity contribution in [3.05, 3.63) is 22.8 Å². The van der Waals surface area contributed by atoms with Gasteiger partial charge in [-0.15, -0.1) is 0 Å². The molecule has 1 aromatic rings. The van der Waals surface area contributed by atoms with Gasteiger partial charge in [0.2, 0.25) is 0 Å². The molecule has 2 atom stereocenters. The summed E-state index contributed by atoms with van der Waals surface area (Å²) in [5, 5.41) is 0.269. The summed E-state index contributed by atoms with van der Waals surface area (Å²) < 4.78 is 0. The van der Waals surface area contributed by atoms with Crippen LogP contribution in [0.3, 0.4) is 0 Å². The van der Waals surface area contributed by atoms with Crippen LogP contribution in [-0.2, 0) is 0 Å². The lowest BCUT2D eigenvalue weighted by molar-refractivity contribution is 0.0317. The first-order valence-corrected chi connectivity index (χ1v) is 7.85. The van der Waals surface area contributed by atoms with Crippen molar-refractivity contribution in [3.8, 4) is 0 Å². The van der Waals surface area contributed by atoms with E-state index in [2.05, 4.69) is 16.9 Å². The maximum Gasteiger partial charge on any atom is 0.254 e. The number of likely N-dealkylation sites (tertiary alicyclic amines) is 2. The van der Waals surface area contributed by atoms with Gasteiger partial charge < -0.3 is 15.5 Å². The smallest absolute Gasteiger partial charge is 0.254 e. The summed E-state index contributed by atoms with van der Waals surface area (Å²) in [4.78, 5) is 20.9. The van der Waals surface area contributed by atoms with Gasteiger partial charge in [-0.3, -0.25) is 4.79 Å². The van der Waals surface area contributed by atoms with Gasteiger partial charge in [0.05, 0.1) is 0 Å². The summed E-state index contributed by atoms with van der Waals surface area (Å²) in [5.41, 5.74) is 6.22. The van der Waals surface area contributed by atoms with Gasteiger partial charge in [0.15, 0.2) is 0 Å². The maximum absolute atomic E-state index is 12.6. The Bertz CT molecular complexity index is 530. The Morgan fingerprint density at radius 1 is 1.38 bits per heavy atom. The lowest BCUT2D eigenvalue weighted by Gasteiger charge is -2.46. The Kier molecular flexibility index (Phi) is 4.04. The normalized spacial score (nSPS) is 26.5. The highest BCUT2D eigenvalue weighted by molar-refractivity contribution is 6.29. The number of fused-ring (bicyclic) bond motifs is 1. The number of piperidine rings is 2. The average Bonchev–Trinajstić information content (AvgIpc) is 2.45. The highest BCUT2D eigenvalue weighted by atomic mass is 35.5. The van der Waals surface area contributed by atoms with Gasteiger partial charge in [-0.1, -0.05) is 11.6 Å². The zero-order chi connectivity index (χ0) is 15.0. The van der Waals surface area contributed by atoms with Crippen LogP contribution in [0.5, 0.6) is 0 Å². The van der Waals surface area contributed by atoms with Crippen molar-refractivity contribution in [3.63, 3.8) is 0 Å². The number of hydrogen-bond acceptors (Lipinski definition) is 4. The number of carbonyl (C=O) groups is 1. The van der Waals surface area contributed by atoms with E-state index in [1.807, 2.05) is 4.90 Å². The number of carbonyl (C=O) groups excluding carboxylic acids is 1. The van der Waals surface area contributed by atoms with E-state index in [1.54, 1.807) is 12.1 Å². The molecule has 1 amide bonds. The number of pyridine rings is 1. The second-order valence-corrected chi connectivity index (χ2v) is 6.48. The molecule has 21 heavy (non-hydrogen) atoms. The number of aromatic nitrogens is 1. The number of nitrogen functional groups attached to an aromatic ring is 1. The van der Waals surface area contributed by atoms with Gasteiger partial charge in [-0.2, -0.15) is 0 Å². The standard InChI is InChI=1S/C15H21ClN4O/c1-19-5-2-3-10-9-20(6-4-12(10)19)15(21)11-7-13(16)18-14(17)8-11/h7-8,10,12H,2-6,9H2,1H3,(H2,17,18). The summed E-state index contributed by atoms with van der Waals surface area (Å²) in [6.45, 7) is 2.80. The van der Waals surface area contributed by atoms with E-state index in [0.29, 0.717) is 17.5 Å². The van der Waals surface area contributed by atoms with Crippen LogP contribution in [0.25, 0.3) is 0 Å². The van der Waals surface area contributed by atoms with Crippen molar-refractivity contribution in [2.45, 2.75) is 25.3 Å². The van der Waals surface area contributed by atoms with Crippen molar-refractivity contribution >= 4 is 23.3 Å². The van der Waals surface area contributed by atoms with Crippen LogP contribution in [0, 0.1) is 5.92 Å². The summed E-state index contributed by atoms with van der Waals surface area (Å²) >= 11 is 5.89. The minimum atomic E-state index is 0.0117. The van der Waals surface area contributed by atoms with E-state index >= 15 is 0 Å². The third kappa shape index (κ3) is 2.99. The number of hydrogen-bond donors (Lipinski definition) is 1. The van der Waals surface area contributed by atoms with E-state index in [0.717, 1.165) is 19.5 Å². The van der Waals surface area contributed by atoms with Crippen molar-refractivity contribution in [2.75, 3.05) is 32.4 Å². The predicted octanol–water partition coefficient (Wildman–Crippen LogP) is 1.87. The quantitative estimate of drug-likeness (QED) is 0.805. The number of halogens is 1. The lowest BCUT2D eigenvalue weighted by Crippen LogP contribution is -2.53. The molecule has 2 saturated heterocycles. The molecule has 2 aliphatic rings. The van der Waals surface area contributed by atoms with E-state index in [9.17, 15) is 4.79 Å². The molecule has 2 N–H and O–H groups in total. The number of nitrogens with two attached hydrogens (primary N) is 1. The summed E-state index contributed by atoms with van der Waals surface area (Å²) in [7, 11) is 2.19. The predicted molar refractivity (Wildman–Crippen MR) is 83.3 cm³/mol. The van der Waals surface area contributed by atoms with E-state index in [4.69, 9.17) is 17.3 Å². The fourth-order valence-electron chi connectivity index (χ4n) is 3.66. The SMILES string of the molecule is CN1CCCC2CN(C(=O)c3cc(N)nc(Cl)c3)CCC21. The number of amides is 1. The Hall–Kier alpha value is -1.33. The van der Waals surface area contributed by atoms with Crippen LogP contribution in [0.15, 0.2) is 12.1 Å². The molecule has 0 radical (unpaired) electrons. The van der Waals surface area contributed by atoms with Gasteiger partial charge in [0.1, 0.15) is 11.0 Å². The van der Waals surface area contributed by atoms with Gasteiger partial charge in [0, 0.05) is 24.7 Å². The molecule has 1 aromatic heterocycles. The molecule has 5 nitrogen and oxygen atoms in total. The topological polar surface area (TPSA) is 62.5 Å². The largest absolute Gasteiger partial charge is 0.384 e. The van der Waals surface area contributed by atoms with Crippen LogP contribution < -0.4 is 5.73 Å². The van der Waals surface area contributed by atoms with Crippen LogP contribution in [0.2, 0.25) is 5.15 Å². The summed E-state index contributed by atoms with van der Waals surface area (Å²) in [6.07, 6.45) is 3.47. The molecule has 2 unspecified atom stereocenters. The van der Waals surface area contributed by atoms with Crippen molar-refractivity contribution in [1.82, 2.24) is 14.8 Å². The first-order valence-electron chi connectivity index (χ1n) is 7.47. The van der Waals surface area contributed by atoms with Crippen molar-refractivity contribution in [1.29, 1.82) is 0 Å². The molecule has 2 fully saturated rings. The first-order chi connectivity index (χ1) is 10.0. The Labute approximate surface area is 130 Å². The molecule has 3 rings (SSSR count). The molecule has 3 heterocycles. The fraction of sp³-hybridized carbons (Fsp3) is 0.600. The average molecular weight is 309 g/mol. The minimum absolute atomic E-state index is 0.0117. The fourth-order valence-corrected chi connectivity index (χ4v) is 3.88. The molecule has 2 aliphatic heterocycles. The Balaban J connectivity index is 1.74. The second kappa shape index (κ2) is 5.81. The Morgan fingerprint density at radius 2 is 2.19 bits per heavy atom. The number of anilines is 1. The molecule has 0 saturated carbocycles. The Morgan fingerprint density at radius 3 is 2.95 bits per heavy atom. The molecule has 6 heteroatoms. The van der Waals surface area contributed by atoms with E-state index in [1.165, 1.54) is 19.4 Å². The zero-order valence-corrected chi connectivity index (χ0v) is 13.0. The second-order valence-electron chi connectivity index (χ2n) is 6.09. The first kappa shape index (κ1) is 14.6. The van der Waals surface area contributed by atoms with Crippen molar-refractivity contribution < 1.29 is 4.79 Å². The molecule has 0 aliphatic carbocycles. The molecule has 0 spiro atoms. The van der Waals surface area contributed by atoms with Crippen LogP contribution in [-0.4, -0.2) is 53.4 Å². The van der Waals surface area contributed by atoms with Crippen LogP contribution >= 0.6 is 11.6 Å². The highest BCUT2D eigenvalue weighted by Gasteiger charge is 2.35. The van der Waals surface area contributed by atoms with Gasteiger partial charge >= 0.3 is 0 Å². The summed E-state index contributed by atoms with van der Waals surface area (Å²) in [5.74, 6) is 0.881. The molecular formula is C15H21ClN4O. The lowest BCUT2D eigenvalue weighted by atomic mass is 9.84. The molecule has 0 aromatic carbocycles. The number of rotatable bonds is 1. The zero-order valence-electron chi connectivity index (χ0n) is 12.3. The van der Waals surface area contributed by atoms with Crippen LogP contribution in [0.4, 0.5) is 5.82 Å². The monoisotopic (exact) mass is 308 g/mol. The minimum Gasteiger partial charge on any atom is -0.384 e. The molecule has 0 bridgehead atoms. The van der Waals surface area contributed by atoms with E-state index < -0.39 is 0 Å². The summed E-state index contributed by atoms with van der Waals surface area (Å²) in [6, 6.07) is 3.82. The third-order valence-corrected chi connectivity index (χ3v) is 4.89. The maximum atomic E-state index is 12.6. The molecule has 114 valence electrons. The number of nitrogens with zero attached hydrogens (tertiary/aromatic N) is 3. The highest BCUT2D eigenvalue weighted by Crippen LogP contribution is 2.30. The van der Waals surface area contributed by atoms with Gasteiger partial charge in [-0.25, -0.2) is 4.98 Å². The van der Waals surface area contributed by atoms with Crippen LogP contribution in [0.1, 0.15) is 29.6 Å². The third-order valence-electron chi connectivity index (χ3n) is 4.69. The van der Waals surface area contributed by atoms with Gasteiger partial charge in [0.25, 0.3) is 5.91 Å². The van der Waals surface area contributed by atoms with Crippen molar-refractivity contribution in [2.24, 2.45) is 5.92 Å². The van der Waals surface area contributed by atoms with Gasteiger partial charge in [-0.05, 0) is 50.9 Å². The van der Waals surface area contributed by atoms with E-state index in [-0.39, 0.29) is 16.9 Å². The molecular weight excluding hydrogens is 288 g/mol.